The second-order valence-corrected chi connectivity index (χ2v) is 9.31. The Kier molecular flexibility index (Phi) is 6.55. The lowest BCUT2D eigenvalue weighted by atomic mass is 10.2. The number of hydrogen-bond donors (Lipinski definition) is 2. The van der Waals surface area contributed by atoms with Gasteiger partial charge in [-0.25, -0.2) is 8.42 Å². The fraction of sp³-hybridized carbons (Fsp3) is 0.333. The molecule has 0 saturated carbocycles. The second kappa shape index (κ2) is 8.46. The van der Waals surface area contributed by atoms with Crippen LogP contribution >= 0.6 is 11.3 Å². The van der Waals surface area contributed by atoms with E-state index in [9.17, 15) is 18.0 Å². The molecular formula is C18H22N2O4S2. The minimum Gasteiger partial charge on any atom is -0.346 e. The SMILES string of the molecule is Cc1ccc(S(=O)(=O)[C@H](CNC(=O)C(=O)NC(C)C)c2cccs2)cc1. The molecule has 8 heteroatoms. The molecule has 26 heavy (non-hydrogen) atoms. The van der Waals surface area contributed by atoms with Crippen LogP contribution in [-0.4, -0.2) is 32.8 Å². The molecular weight excluding hydrogens is 372 g/mol. The van der Waals surface area contributed by atoms with E-state index in [1.807, 2.05) is 6.92 Å². The zero-order valence-electron chi connectivity index (χ0n) is 14.9. The number of sulfone groups is 1. The monoisotopic (exact) mass is 394 g/mol. The van der Waals surface area contributed by atoms with E-state index >= 15 is 0 Å². The molecule has 0 aliphatic rings. The van der Waals surface area contributed by atoms with Gasteiger partial charge in [0.15, 0.2) is 9.84 Å². The Morgan fingerprint density at radius 2 is 1.73 bits per heavy atom. The Labute approximate surface area is 157 Å². The number of carbonyl (C=O) groups excluding carboxylic acids is 2. The number of nitrogens with one attached hydrogen (secondary N) is 2. The van der Waals surface area contributed by atoms with Crippen LogP contribution in [0.25, 0.3) is 0 Å². The predicted molar refractivity (Wildman–Crippen MR) is 102 cm³/mol. The molecule has 1 atom stereocenters. The number of rotatable bonds is 6. The molecule has 1 heterocycles. The van der Waals surface area contributed by atoms with Gasteiger partial charge in [0.25, 0.3) is 0 Å². The zero-order valence-corrected chi connectivity index (χ0v) is 16.5. The third-order valence-corrected chi connectivity index (χ3v) is 6.89. The standard InChI is InChI=1S/C18H22N2O4S2/c1-12(2)20-18(22)17(21)19-11-16(15-5-4-10-25-15)26(23,24)14-8-6-13(3)7-9-14/h4-10,12,16H,11H2,1-3H3,(H,19,21)(H,20,22)/t16-/m1/s1. The zero-order chi connectivity index (χ0) is 19.3. The van der Waals surface area contributed by atoms with E-state index in [-0.39, 0.29) is 17.5 Å². The number of hydrogen-bond acceptors (Lipinski definition) is 5. The minimum absolute atomic E-state index is 0.179. The van der Waals surface area contributed by atoms with Crippen LogP contribution in [0.4, 0.5) is 0 Å². The third kappa shape index (κ3) is 4.92. The number of carbonyl (C=O) groups is 2. The predicted octanol–water partition coefficient (Wildman–Crippen LogP) is 2.21. The number of amides is 2. The summed E-state index contributed by atoms with van der Waals surface area (Å²) in [6.45, 7) is 5.17. The lowest BCUT2D eigenvalue weighted by Gasteiger charge is -2.18. The summed E-state index contributed by atoms with van der Waals surface area (Å²) in [5.74, 6) is -1.63. The average molecular weight is 395 g/mol. The second-order valence-electron chi connectivity index (χ2n) is 6.20. The normalized spacial score (nSPS) is 12.6. The smallest absolute Gasteiger partial charge is 0.309 e. The summed E-state index contributed by atoms with van der Waals surface area (Å²) in [5, 5.41) is 5.74. The Hall–Kier alpha value is -2.19. The molecule has 2 amide bonds. The molecule has 0 unspecified atom stereocenters. The maximum Gasteiger partial charge on any atom is 0.309 e. The van der Waals surface area contributed by atoms with Crippen molar-refractivity contribution in [1.29, 1.82) is 0 Å². The van der Waals surface area contributed by atoms with Crippen LogP contribution in [0.2, 0.25) is 0 Å². The quantitative estimate of drug-likeness (QED) is 0.735. The van der Waals surface area contributed by atoms with E-state index in [2.05, 4.69) is 10.6 Å². The molecule has 0 aliphatic heterocycles. The van der Waals surface area contributed by atoms with E-state index < -0.39 is 26.9 Å². The molecule has 0 aliphatic carbocycles. The number of thiophene rings is 1. The lowest BCUT2D eigenvalue weighted by Crippen LogP contribution is -2.44. The van der Waals surface area contributed by atoms with Crippen molar-refractivity contribution in [2.24, 2.45) is 0 Å². The minimum atomic E-state index is -3.72. The fourth-order valence-electron chi connectivity index (χ4n) is 2.32. The van der Waals surface area contributed by atoms with Gasteiger partial charge in [-0.1, -0.05) is 23.8 Å². The van der Waals surface area contributed by atoms with E-state index in [0.29, 0.717) is 4.88 Å². The Bertz CT molecular complexity index is 857. The van der Waals surface area contributed by atoms with Gasteiger partial charge >= 0.3 is 11.8 Å². The molecule has 1 aromatic carbocycles. The molecule has 6 nitrogen and oxygen atoms in total. The van der Waals surface area contributed by atoms with Crippen molar-refractivity contribution < 1.29 is 18.0 Å². The summed E-state index contributed by atoms with van der Waals surface area (Å²) >= 11 is 1.30. The largest absolute Gasteiger partial charge is 0.346 e. The Morgan fingerprint density at radius 3 is 2.27 bits per heavy atom. The van der Waals surface area contributed by atoms with E-state index in [4.69, 9.17) is 0 Å². The summed E-state index contributed by atoms with van der Waals surface area (Å²) in [7, 11) is -3.72. The van der Waals surface area contributed by atoms with Gasteiger partial charge in [0.1, 0.15) is 5.25 Å². The fourth-order valence-corrected chi connectivity index (χ4v) is 5.11. The van der Waals surface area contributed by atoms with Crippen molar-refractivity contribution in [1.82, 2.24) is 10.6 Å². The molecule has 0 bridgehead atoms. The molecule has 0 spiro atoms. The van der Waals surface area contributed by atoms with Gasteiger partial charge in [0.2, 0.25) is 0 Å². The highest BCUT2D eigenvalue weighted by molar-refractivity contribution is 7.91. The van der Waals surface area contributed by atoms with Crippen molar-refractivity contribution >= 4 is 33.0 Å². The van der Waals surface area contributed by atoms with Crippen LogP contribution in [0.3, 0.4) is 0 Å². The van der Waals surface area contributed by atoms with Gasteiger partial charge in [0, 0.05) is 17.5 Å². The Morgan fingerprint density at radius 1 is 1.08 bits per heavy atom. The molecule has 0 radical (unpaired) electrons. The van der Waals surface area contributed by atoms with Crippen LogP contribution in [0.5, 0.6) is 0 Å². The topological polar surface area (TPSA) is 92.3 Å². The lowest BCUT2D eigenvalue weighted by molar-refractivity contribution is -0.139. The van der Waals surface area contributed by atoms with E-state index in [1.165, 1.54) is 11.3 Å². The maximum absolute atomic E-state index is 13.1. The first-order valence-electron chi connectivity index (χ1n) is 8.14. The van der Waals surface area contributed by atoms with Gasteiger partial charge in [-0.3, -0.25) is 9.59 Å². The average Bonchev–Trinajstić information content (AvgIpc) is 3.08. The molecule has 2 rings (SSSR count). The number of benzene rings is 1. The third-order valence-electron chi connectivity index (χ3n) is 3.66. The summed E-state index contributed by atoms with van der Waals surface area (Å²) in [5.41, 5.74) is 0.954. The van der Waals surface area contributed by atoms with Crippen LogP contribution in [0.15, 0.2) is 46.7 Å². The van der Waals surface area contributed by atoms with Crippen molar-refractivity contribution in [3.63, 3.8) is 0 Å². The molecule has 140 valence electrons. The highest BCUT2D eigenvalue weighted by Gasteiger charge is 2.31. The molecule has 2 aromatic rings. The maximum atomic E-state index is 13.1. The molecule has 0 saturated heterocycles. The first-order chi connectivity index (χ1) is 12.2. The highest BCUT2D eigenvalue weighted by atomic mass is 32.2. The summed E-state index contributed by atoms with van der Waals surface area (Å²) in [4.78, 5) is 24.5. The van der Waals surface area contributed by atoms with Crippen LogP contribution in [0, 0.1) is 6.92 Å². The van der Waals surface area contributed by atoms with Crippen molar-refractivity contribution in [3.05, 3.63) is 52.2 Å². The summed E-state index contributed by atoms with van der Waals surface area (Å²) in [6.07, 6.45) is 0. The molecule has 0 fully saturated rings. The number of aryl methyl sites for hydroxylation is 1. The van der Waals surface area contributed by atoms with Crippen LogP contribution in [0.1, 0.15) is 29.5 Å². The van der Waals surface area contributed by atoms with Crippen molar-refractivity contribution in [2.45, 2.75) is 37.0 Å². The van der Waals surface area contributed by atoms with E-state index in [0.717, 1.165) is 5.56 Å². The van der Waals surface area contributed by atoms with Crippen molar-refractivity contribution in [2.75, 3.05) is 6.54 Å². The van der Waals surface area contributed by atoms with Gasteiger partial charge in [-0.2, -0.15) is 0 Å². The Balaban J connectivity index is 2.24. The van der Waals surface area contributed by atoms with Gasteiger partial charge < -0.3 is 10.6 Å². The summed E-state index contributed by atoms with van der Waals surface area (Å²) in [6, 6.07) is 9.85. The van der Waals surface area contributed by atoms with Crippen LogP contribution in [-0.2, 0) is 19.4 Å². The molecule has 2 N–H and O–H groups in total. The highest BCUT2D eigenvalue weighted by Crippen LogP contribution is 2.31. The van der Waals surface area contributed by atoms with Gasteiger partial charge in [0.05, 0.1) is 4.90 Å². The van der Waals surface area contributed by atoms with Gasteiger partial charge in [-0.05, 0) is 44.4 Å². The van der Waals surface area contributed by atoms with E-state index in [1.54, 1.807) is 55.6 Å². The van der Waals surface area contributed by atoms with Crippen LogP contribution < -0.4 is 10.6 Å². The van der Waals surface area contributed by atoms with Gasteiger partial charge in [-0.15, -0.1) is 11.3 Å². The summed E-state index contributed by atoms with van der Waals surface area (Å²) < 4.78 is 26.1. The molecule has 1 aromatic heterocycles. The first-order valence-corrected chi connectivity index (χ1v) is 10.6. The first kappa shape index (κ1) is 20.1. The van der Waals surface area contributed by atoms with Crippen molar-refractivity contribution in [3.8, 4) is 0 Å².